The molecule has 0 heterocycles. The third kappa shape index (κ3) is 26.0. The second-order valence-electron chi connectivity index (χ2n) is 5.32. The smallest absolute Gasteiger partial charge is 0.548 e. The Kier molecular flexibility index (Phi) is 39.9. The molecule has 34 heavy (non-hydrogen) atoms. The number of carbonyl (C=O) groups is 6. The molecule has 0 aliphatic heterocycles. The number of aliphatic hydroxyl groups is 1. The van der Waals surface area contributed by atoms with Crippen molar-refractivity contribution < 1.29 is 134 Å². The van der Waals surface area contributed by atoms with Crippen LogP contribution in [0.5, 0.6) is 0 Å². The number of carboxylic acid groups (broad SMARTS) is 5. The summed E-state index contributed by atoms with van der Waals surface area (Å²) >= 11 is 0. The van der Waals surface area contributed by atoms with Gasteiger partial charge >= 0.3 is 94.1 Å². The largest absolute Gasteiger partial charge is 2.00 e. The van der Waals surface area contributed by atoms with Gasteiger partial charge in [0.15, 0.2) is 6.10 Å². The summed E-state index contributed by atoms with van der Waals surface area (Å²) in [7, 11) is 0. The summed E-state index contributed by atoms with van der Waals surface area (Å²) in [5.74, 6) is -9.69. The van der Waals surface area contributed by atoms with Crippen molar-refractivity contribution in [3.63, 3.8) is 0 Å². The van der Waals surface area contributed by atoms with Crippen LogP contribution in [0.25, 0.3) is 0 Å². The summed E-state index contributed by atoms with van der Waals surface area (Å²) in [6, 6.07) is -2.64. The van der Waals surface area contributed by atoms with Gasteiger partial charge < -0.3 is 77.0 Å². The Labute approximate surface area is 252 Å². The van der Waals surface area contributed by atoms with E-state index < -0.39 is 72.9 Å². The van der Waals surface area contributed by atoms with E-state index in [4.69, 9.17) is 21.7 Å². The molecule has 0 spiro atoms. The van der Waals surface area contributed by atoms with E-state index >= 15 is 0 Å². The summed E-state index contributed by atoms with van der Waals surface area (Å²) in [6.45, 7) is 0. The normalized spacial score (nSPS) is 12.1. The number of ether oxygens (including phenoxy) is 1. The maximum atomic E-state index is 11.1. The molecule has 10 N–H and O–H groups in total. The molecular formula is C14H22MgN2Na2O15. The minimum absolute atomic E-state index is 0. The van der Waals surface area contributed by atoms with E-state index in [0.717, 1.165) is 0 Å². The molecule has 0 saturated carbocycles. The number of aliphatic hydroxyl groups excluding tert-OH is 1. The van der Waals surface area contributed by atoms with Crippen molar-refractivity contribution >= 4 is 58.9 Å². The van der Waals surface area contributed by atoms with Gasteiger partial charge in [-0.25, -0.2) is 0 Å². The van der Waals surface area contributed by atoms with Crippen LogP contribution in [0.15, 0.2) is 0 Å². The molecule has 0 fully saturated rings. The summed E-state index contributed by atoms with van der Waals surface area (Å²) in [5, 5.41) is 57.8. The van der Waals surface area contributed by atoms with Crippen molar-refractivity contribution in [2.24, 2.45) is 11.5 Å². The molecule has 0 aliphatic rings. The molecular weight excluding hydrogens is 506 g/mol. The standard InChI is InChI=1S/C9H13NO9.C5H9NO4.Mg.2Na.2H2O/c10-3(7(13)14)1-2-4(11)19-6(9(17)18)5(12)8(15)16;6-3(5(9)10)1-2-4(7)8;;;;;/h3,5-6,12H,1-2,10H2,(H,13,14)(H,15,16)(H,17,18);3H,1-2,6H2,(H,7,8)(H,9,10);;;;2*1H2/q;;+2;2*+1;;/p-4/t3-,5+,6+;3-;;;;;/m00...../s1. The molecule has 0 saturated heterocycles. The van der Waals surface area contributed by atoms with Crippen molar-refractivity contribution in [3.05, 3.63) is 0 Å². The minimum atomic E-state index is -2.61. The Hall–Kier alpha value is -0.614. The first-order chi connectivity index (χ1) is 13.2. The Bertz CT molecular complexity index is 640. The van der Waals surface area contributed by atoms with Gasteiger partial charge in [-0.05, 0) is 12.8 Å². The van der Waals surface area contributed by atoms with Crippen LogP contribution in [-0.4, -0.2) is 104 Å². The van der Waals surface area contributed by atoms with E-state index in [9.17, 15) is 49.2 Å². The molecule has 0 bridgehead atoms. The van der Waals surface area contributed by atoms with Gasteiger partial charge in [0, 0.05) is 24.9 Å². The number of carboxylic acids is 5. The molecule has 0 aromatic rings. The predicted octanol–water partition coefficient (Wildman–Crippen LogP) is -16.5. The van der Waals surface area contributed by atoms with E-state index in [2.05, 4.69) is 4.74 Å². The molecule has 20 heteroatoms. The zero-order valence-corrected chi connectivity index (χ0v) is 23.8. The fourth-order valence-electron chi connectivity index (χ4n) is 1.35. The van der Waals surface area contributed by atoms with Crippen LogP contribution in [0, 0.1) is 0 Å². The quantitative estimate of drug-likeness (QED) is 0.135. The molecule has 182 valence electrons. The number of esters is 1. The fraction of sp³-hybridized carbons (Fsp3) is 0.571. The van der Waals surface area contributed by atoms with E-state index in [-0.39, 0.29) is 106 Å². The van der Waals surface area contributed by atoms with Crippen molar-refractivity contribution in [1.82, 2.24) is 0 Å². The van der Waals surface area contributed by atoms with Gasteiger partial charge in [-0.15, -0.1) is 0 Å². The maximum absolute atomic E-state index is 11.1. The fourth-order valence-corrected chi connectivity index (χ4v) is 1.35. The number of aliphatic carboxylic acids is 5. The van der Waals surface area contributed by atoms with Crippen LogP contribution in [0.3, 0.4) is 0 Å². The van der Waals surface area contributed by atoms with Gasteiger partial charge in [0.1, 0.15) is 6.10 Å². The van der Waals surface area contributed by atoms with Gasteiger partial charge in [0.2, 0.25) is 0 Å². The summed E-state index contributed by atoms with van der Waals surface area (Å²) in [5.41, 5.74) is 9.95. The topological polar surface area (TPSA) is 359 Å². The summed E-state index contributed by atoms with van der Waals surface area (Å²) < 4.78 is 4.12. The van der Waals surface area contributed by atoms with Gasteiger partial charge in [-0.2, -0.15) is 0 Å². The van der Waals surface area contributed by atoms with E-state index in [1.807, 2.05) is 0 Å². The van der Waals surface area contributed by atoms with Gasteiger partial charge in [-0.1, -0.05) is 0 Å². The van der Waals surface area contributed by atoms with Crippen molar-refractivity contribution in [3.8, 4) is 0 Å². The van der Waals surface area contributed by atoms with Crippen LogP contribution in [-0.2, 0) is 33.5 Å². The third-order valence-electron chi connectivity index (χ3n) is 2.95. The molecule has 17 nitrogen and oxygen atoms in total. The Morgan fingerprint density at radius 3 is 1.35 bits per heavy atom. The molecule has 0 aromatic carbocycles. The molecule has 0 aromatic heterocycles. The minimum Gasteiger partial charge on any atom is -0.548 e. The maximum Gasteiger partial charge on any atom is 2.00 e. The van der Waals surface area contributed by atoms with Crippen molar-refractivity contribution in [1.29, 1.82) is 0 Å². The van der Waals surface area contributed by atoms with Crippen LogP contribution in [0.1, 0.15) is 25.7 Å². The number of rotatable bonds is 12. The Morgan fingerprint density at radius 1 is 0.735 bits per heavy atom. The van der Waals surface area contributed by atoms with E-state index in [1.54, 1.807) is 0 Å². The zero-order valence-electron chi connectivity index (χ0n) is 18.4. The zero-order chi connectivity index (χ0) is 23.3. The van der Waals surface area contributed by atoms with Crippen molar-refractivity contribution in [2.45, 2.75) is 50.0 Å². The van der Waals surface area contributed by atoms with Crippen LogP contribution in [0.4, 0.5) is 0 Å². The van der Waals surface area contributed by atoms with Gasteiger partial charge in [-0.3, -0.25) is 9.59 Å². The SMILES string of the molecule is N[C@@H](CCC(=O)O)C(=O)[O-].N[C@@H](CCC(=O)O[C@@H](C(=O)[O-])[C@@H](O)C(=O)[O-])C(=O)[O-].O.O.[Mg+2].[Na+].[Na+]. The van der Waals surface area contributed by atoms with Crippen molar-refractivity contribution in [2.75, 3.05) is 0 Å². The first-order valence-electron chi connectivity index (χ1n) is 7.64. The Morgan fingerprint density at radius 2 is 1.09 bits per heavy atom. The van der Waals surface area contributed by atoms with Crippen LogP contribution < -0.4 is 91.0 Å². The molecule has 0 radical (unpaired) electrons. The molecule has 0 unspecified atom stereocenters. The number of hydrogen-bond acceptors (Lipinski definition) is 14. The Balaban J connectivity index is -0.0000000850. The number of carbonyl (C=O) groups excluding carboxylic acids is 5. The van der Waals surface area contributed by atoms with Crippen LogP contribution >= 0.6 is 0 Å². The van der Waals surface area contributed by atoms with E-state index in [0.29, 0.717) is 0 Å². The summed E-state index contributed by atoms with van der Waals surface area (Å²) in [4.78, 5) is 61.8. The first kappa shape index (κ1) is 50.3. The second kappa shape index (κ2) is 27.0. The molecule has 0 rings (SSSR count). The van der Waals surface area contributed by atoms with Gasteiger partial charge in [0.25, 0.3) is 0 Å². The first-order valence-corrected chi connectivity index (χ1v) is 7.64. The second-order valence-corrected chi connectivity index (χ2v) is 5.32. The molecule has 4 atom stereocenters. The van der Waals surface area contributed by atoms with Gasteiger partial charge in [0.05, 0.1) is 23.9 Å². The predicted molar refractivity (Wildman–Crippen MR) is 91.0 cm³/mol. The van der Waals surface area contributed by atoms with Crippen LogP contribution in [0.2, 0.25) is 0 Å². The number of nitrogens with two attached hydrogens (primary N) is 2. The molecule has 0 aliphatic carbocycles. The summed E-state index contributed by atoms with van der Waals surface area (Å²) in [6.07, 6.45) is -6.42. The monoisotopic (exact) mass is 528 g/mol. The average molecular weight is 529 g/mol. The average Bonchev–Trinajstić information content (AvgIpc) is 2.61. The molecule has 0 amide bonds. The third-order valence-corrected chi connectivity index (χ3v) is 2.95. The number of hydrogen-bond donors (Lipinski definition) is 4. The van der Waals surface area contributed by atoms with E-state index in [1.165, 1.54) is 0 Å².